The highest BCUT2D eigenvalue weighted by molar-refractivity contribution is 9.10. The zero-order valence-corrected chi connectivity index (χ0v) is 11.8. The van der Waals surface area contributed by atoms with Crippen molar-refractivity contribution in [3.8, 4) is 11.4 Å². The highest BCUT2D eigenvalue weighted by Crippen LogP contribution is 2.31. The van der Waals surface area contributed by atoms with E-state index in [2.05, 4.69) is 30.9 Å². The maximum absolute atomic E-state index is 13.4. The number of hydrogen-bond donors (Lipinski definition) is 1. The van der Waals surface area contributed by atoms with Gasteiger partial charge in [0.15, 0.2) is 5.82 Å². The third-order valence-electron chi connectivity index (χ3n) is 2.88. The number of halogens is 5. The Morgan fingerprint density at radius 3 is 2.57 bits per heavy atom. The lowest BCUT2D eigenvalue weighted by Crippen LogP contribution is -2.04. The van der Waals surface area contributed by atoms with Gasteiger partial charge < -0.3 is 4.98 Å². The number of benzene rings is 1. The standard InChI is InChI=1S/C13H6BrF4N3/c14-11-8(15)3-6(5-19-11)12-20-9-2-1-7(13(16,17)18)4-10(9)21-12/h1-5H,(H,20,21). The molecule has 2 aromatic heterocycles. The fourth-order valence-electron chi connectivity index (χ4n) is 1.87. The van der Waals surface area contributed by atoms with Crippen molar-refractivity contribution in [3.05, 3.63) is 46.4 Å². The molecule has 0 saturated heterocycles. The molecule has 2 heterocycles. The molecule has 108 valence electrons. The van der Waals surface area contributed by atoms with Crippen molar-refractivity contribution in [2.75, 3.05) is 0 Å². The molecule has 0 aliphatic heterocycles. The Kier molecular flexibility index (Phi) is 3.20. The van der Waals surface area contributed by atoms with Gasteiger partial charge in [-0.25, -0.2) is 14.4 Å². The van der Waals surface area contributed by atoms with Crippen LogP contribution in [0.1, 0.15) is 5.56 Å². The van der Waals surface area contributed by atoms with Crippen LogP contribution in [-0.4, -0.2) is 15.0 Å². The van der Waals surface area contributed by atoms with Gasteiger partial charge in [-0.1, -0.05) is 0 Å². The SMILES string of the molecule is Fc1cc(-c2nc3ccc(C(F)(F)F)cc3[nH]2)cnc1Br. The van der Waals surface area contributed by atoms with Gasteiger partial charge in [0.05, 0.1) is 16.6 Å². The first kappa shape index (κ1) is 14.0. The summed E-state index contributed by atoms with van der Waals surface area (Å²) in [6.07, 6.45) is -3.06. The van der Waals surface area contributed by atoms with E-state index < -0.39 is 17.6 Å². The normalized spacial score (nSPS) is 12.0. The van der Waals surface area contributed by atoms with E-state index in [1.165, 1.54) is 18.3 Å². The number of aromatic amines is 1. The van der Waals surface area contributed by atoms with Crippen LogP contribution >= 0.6 is 15.9 Å². The Labute approximate surface area is 124 Å². The van der Waals surface area contributed by atoms with Gasteiger partial charge in [-0.2, -0.15) is 13.2 Å². The van der Waals surface area contributed by atoms with Crippen LogP contribution in [0.3, 0.4) is 0 Å². The predicted octanol–water partition coefficient (Wildman–Crippen LogP) is 4.55. The summed E-state index contributed by atoms with van der Waals surface area (Å²) in [5.74, 6) is -0.327. The van der Waals surface area contributed by atoms with Gasteiger partial charge in [-0.3, -0.25) is 0 Å². The van der Waals surface area contributed by atoms with Crippen LogP contribution in [0.25, 0.3) is 22.4 Å². The van der Waals surface area contributed by atoms with Crippen LogP contribution in [-0.2, 0) is 6.18 Å². The van der Waals surface area contributed by atoms with E-state index in [0.29, 0.717) is 11.1 Å². The molecule has 0 unspecified atom stereocenters. The van der Waals surface area contributed by atoms with Crippen LogP contribution in [0.2, 0.25) is 0 Å². The average Bonchev–Trinajstić information content (AvgIpc) is 2.83. The number of H-pyrrole nitrogens is 1. The van der Waals surface area contributed by atoms with Gasteiger partial charge in [0, 0.05) is 11.8 Å². The fourth-order valence-corrected chi connectivity index (χ4v) is 2.09. The van der Waals surface area contributed by atoms with Crippen LogP contribution in [0.4, 0.5) is 17.6 Å². The molecule has 1 N–H and O–H groups in total. The number of hydrogen-bond acceptors (Lipinski definition) is 2. The molecular formula is C13H6BrF4N3. The summed E-state index contributed by atoms with van der Waals surface area (Å²) in [4.78, 5) is 10.7. The Morgan fingerprint density at radius 1 is 1.14 bits per heavy atom. The summed E-state index contributed by atoms with van der Waals surface area (Å²) < 4.78 is 51.4. The number of nitrogens with zero attached hydrogens (tertiary/aromatic N) is 2. The lowest BCUT2D eigenvalue weighted by atomic mass is 10.2. The molecule has 0 saturated carbocycles. The number of aromatic nitrogens is 3. The summed E-state index contributed by atoms with van der Waals surface area (Å²) in [5, 5.41) is 0. The fraction of sp³-hybridized carbons (Fsp3) is 0.0769. The first-order chi connectivity index (χ1) is 9.84. The third-order valence-corrected chi connectivity index (χ3v) is 3.46. The molecular weight excluding hydrogens is 354 g/mol. The molecule has 0 fully saturated rings. The van der Waals surface area contributed by atoms with Crippen LogP contribution in [0.5, 0.6) is 0 Å². The number of alkyl halides is 3. The minimum absolute atomic E-state index is 0.0571. The Morgan fingerprint density at radius 2 is 1.90 bits per heavy atom. The van der Waals surface area contributed by atoms with Crippen molar-refractivity contribution in [2.45, 2.75) is 6.18 Å². The molecule has 0 bridgehead atoms. The Balaban J connectivity index is 2.10. The van der Waals surface area contributed by atoms with Gasteiger partial charge in [0.2, 0.25) is 0 Å². The third kappa shape index (κ3) is 2.63. The smallest absolute Gasteiger partial charge is 0.338 e. The quantitative estimate of drug-likeness (QED) is 0.511. The van der Waals surface area contributed by atoms with Crippen molar-refractivity contribution < 1.29 is 17.6 Å². The number of pyridine rings is 1. The van der Waals surface area contributed by atoms with E-state index in [-0.39, 0.29) is 15.9 Å². The molecule has 0 atom stereocenters. The van der Waals surface area contributed by atoms with E-state index in [9.17, 15) is 17.6 Å². The Hall–Kier alpha value is -1.96. The minimum Gasteiger partial charge on any atom is -0.338 e. The highest BCUT2D eigenvalue weighted by atomic mass is 79.9. The number of nitrogens with one attached hydrogen (secondary N) is 1. The molecule has 3 rings (SSSR count). The lowest BCUT2D eigenvalue weighted by Gasteiger charge is -2.05. The molecule has 3 nitrogen and oxygen atoms in total. The van der Waals surface area contributed by atoms with Crippen molar-refractivity contribution in [1.29, 1.82) is 0 Å². The largest absolute Gasteiger partial charge is 0.416 e. The van der Waals surface area contributed by atoms with E-state index in [4.69, 9.17) is 0 Å². The van der Waals surface area contributed by atoms with E-state index >= 15 is 0 Å². The molecule has 8 heteroatoms. The summed E-state index contributed by atoms with van der Waals surface area (Å²) in [5.41, 5.74) is 0.162. The molecule has 0 amide bonds. The van der Waals surface area contributed by atoms with Gasteiger partial charge in [-0.15, -0.1) is 0 Å². The lowest BCUT2D eigenvalue weighted by molar-refractivity contribution is -0.137. The summed E-state index contributed by atoms with van der Waals surface area (Å²) >= 11 is 2.93. The molecule has 3 aromatic rings. The summed E-state index contributed by atoms with van der Waals surface area (Å²) in [7, 11) is 0. The zero-order chi connectivity index (χ0) is 15.2. The van der Waals surface area contributed by atoms with Crippen LogP contribution in [0.15, 0.2) is 35.1 Å². The van der Waals surface area contributed by atoms with Crippen molar-refractivity contribution in [2.24, 2.45) is 0 Å². The second-order valence-electron chi connectivity index (χ2n) is 4.31. The van der Waals surface area contributed by atoms with E-state index in [1.807, 2.05) is 0 Å². The second-order valence-corrected chi connectivity index (χ2v) is 5.06. The van der Waals surface area contributed by atoms with Gasteiger partial charge >= 0.3 is 6.18 Å². The maximum atomic E-state index is 13.4. The molecule has 0 aliphatic carbocycles. The number of imidazole rings is 1. The van der Waals surface area contributed by atoms with Gasteiger partial charge in [0.25, 0.3) is 0 Å². The summed E-state index contributed by atoms with van der Waals surface area (Å²) in [6.45, 7) is 0. The number of rotatable bonds is 1. The highest BCUT2D eigenvalue weighted by Gasteiger charge is 2.30. The average molecular weight is 360 g/mol. The molecule has 1 aromatic carbocycles. The zero-order valence-electron chi connectivity index (χ0n) is 10.2. The maximum Gasteiger partial charge on any atom is 0.416 e. The van der Waals surface area contributed by atoms with Crippen molar-refractivity contribution in [1.82, 2.24) is 15.0 Å². The van der Waals surface area contributed by atoms with E-state index in [0.717, 1.165) is 12.1 Å². The van der Waals surface area contributed by atoms with Crippen molar-refractivity contribution in [3.63, 3.8) is 0 Å². The summed E-state index contributed by atoms with van der Waals surface area (Å²) in [6, 6.07) is 4.38. The molecule has 0 spiro atoms. The predicted molar refractivity (Wildman–Crippen MR) is 72.0 cm³/mol. The topological polar surface area (TPSA) is 41.6 Å². The monoisotopic (exact) mass is 359 g/mol. The number of fused-ring (bicyclic) bond motifs is 1. The molecule has 0 aliphatic rings. The van der Waals surface area contributed by atoms with E-state index in [1.54, 1.807) is 0 Å². The molecule has 0 radical (unpaired) electrons. The second kappa shape index (κ2) is 4.80. The first-order valence-corrected chi connectivity index (χ1v) is 6.52. The van der Waals surface area contributed by atoms with Gasteiger partial charge in [0.1, 0.15) is 10.4 Å². The van der Waals surface area contributed by atoms with Gasteiger partial charge in [-0.05, 0) is 40.2 Å². The molecule has 21 heavy (non-hydrogen) atoms. The van der Waals surface area contributed by atoms with Crippen molar-refractivity contribution >= 4 is 27.0 Å². The van der Waals surface area contributed by atoms with Crippen LogP contribution in [0, 0.1) is 5.82 Å². The first-order valence-electron chi connectivity index (χ1n) is 5.73. The van der Waals surface area contributed by atoms with Crippen LogP contribution < -0.4 is 0 Å². The minimum atomic E-state index is -4.43. The Bertz CT molecular complexity index is 826.